The molecule has 0 aromatic carbocycles. The van der Waals surface area contributed by atoms with Crippen LogP contribution in [0.25, 0.3) is 0 Å². The summed E-state index contributed by atoms with van der Waals surface area (Å²) in [6, 6.07) is 2.57. The van der Waals surface area contributed by atoms with Gasteiger partial charge in [-0.15, -0.1) is 0 Å². The summed E-state index contributed by atoms with van der Waals surface area (Å²) in [6.07, 6.45) is 3.70. The molecule has 1 saturated heterocycles. The second-order valence-corrected chi connectivity index (χ2v) is 6.25. The molecule has 0 saturated carbocycles. The van der Waals surface area contributed by atoms with Crippen LogP contribution >= 0.6 is 0 Å². The quantitative estimate of drug-likeness (QED) is 0.843. The van der Waals surface area contributed by atoms with Gasteiger partial charge < -0.3 is 9.64 Å². The molecule has 0 amide bonds. The van der Waals surface area contributed by atoms with Gasteiger partial charge in [-0.2, -0.15) is 13.2 Å². The summed E-state index contributed by atoms with van der Waals surface area (Å²) in [6.45, 7) is 4.31. The zero-order valence-electron chi connectivity index (χ0n) is 13.5. The molecule has 0 N–H and O–H groups in total. The van der Waals surface area contributed by atoms with E-state index in [4.69, 9.17) is 4.74 Å². The maximum absolute atomic E-state index is 12.6. The molecule has 0 bridgehead atoms. The van der Waals surface area contributed by atoms with Crippen LogP contribution in [0, 0.1) is 0 Å². The van der Waals surface area contributed by atoms with Crippen LogP contribution in [0.2, 0.25) is 0 Å². The molecule has 3 rings (SSSR count). The van der Waals surface area contributed by atoms with E-state index in [1.807, 2.05) is 6.08 Å². The van der Waals surface area contributed by atoms with Crippen molar-refractivity contribution in [3.63, 3.8) is 0 Å². The molecule has 1 aromatic rings. The fourth-order valence-electron chi connectivity index (χ4n) is 3.13. The fraction of sp³-hybridized carbons (Fsp3) is 0.588. The molecule has 1 atom stereocenters. The third kappa shape index (κ3) is 4.41. The predicted octanol–water partition coefficient (Wildman–Crippen LogP) is 3.31. The number of pyridine rings is 1. The van der Waals surface area contributed by atoms with Crippen molar-refractivity contribution in [1.29, 1.82) is 0 Å². The van der Waals surface area contributed by atoms with Gasteiger partial charge in [0.25, 0.3) is 0 Å². The Balaban J connectivity index is 1.56. The van der Waals surface area contributed by atoms with Gasteiger partial charge in [-0.25, -0.2) is 4.98 Å². The standard InChI is InChI=1S/C17H22F3N3O/c18-17(19,20)14-5-6-16(21-12-14)23-8-3-7-22(9-10-23)13-15-4-1-2-11-24-15/h2,5-6,11-12,15H,1,3-4,7-10,13H2. The molecule has 0 aliphatic carbocycles. The van der Waals surface area contributed by atoms with Crippen molar-refractivity contribution in [2.75, 3.05) is 37.6 Å². The van der Waals surface area contributed by atoms with Gasteiger partial charge in [-0.1, -0.05) is 0 Å². The van der Waals surface area contributed by atoms with Gasteiger partial charge in [0, 0.05) is 38.9 Å². The van der Waals surface area contributed by atoms with Gasteiger partial charge in [0.1, 0.15) is 11.9 Å². The van der Waals surface area contributed by atoms with Crippen molar-refractivity contribution in [2.24, 2.45) is 0 Å². The maximum Gasteiger partial charge on any atom is 0.417 e. The van der Waals surface area contributed by atoms with E-state index in [0.29, 0.717) is 5.82 Å². The van der Waals surface area contributed by atoms with E-state index in [-0.39, 0.29) is 6.10 Å². The molecule has 0 radical (unpaired) electrons. The van der Waals surface area contributed by atoms with Gasteiger partial charge in [0.05, 0.1) is 11.8 Å². The Labute approximate surface area is 139 Å². The van der Waals surface area contributed by atoms with Crippen molar-refractivity contribution in [1.82, 2.24) is 9.88 Å². The number of alkyl halides is 3. The first-order chi connectivity index (χ1) is 11.5. The number of hydrogen-bond acceptors (Lipinski definition) is 4. The smallest absolute Gasteiger partial charge is 0.417 e. The number of rotatable bonds is 3. The highest BCUT2D eigenvalue weighted by Crippen LogP contribution is 2.29. The van der Waals surface area contributed by atoms with E-state index in [2.05, 4.69) is 14.8 Å². The van der Waals surface area contributed by atoms with Gasteiger partial charge in [0.15, 0.2) is 0 Å². The molecule has 3 heterocycles. The average molecular weight is 341 g/mol. The van der Waals surface area contributed by atoms with Crippen LogP contribution in [0.5, 0.6) is 0 Å². The average Bonchev–Trinajstić information content (AvgIpc) is 2.81. The lowest BCUT2D eigenvalue weighted by Crippen LogP contribution is -2.37. The first-order valence-corrected chi connectivity index (χ1v) is 8.33. The van der Waals surface area contributed by atoms with Crippen molar-refractivity contribution in [2.45, 2.75) is 31.5 Å². The Hall–Kier alpha value is -1.76. The highest BCUT2D eigenvalue weighted by molar-refractivity contribution is 5.40. The molecule has 7 heteroatoms. The second-order valence-electron chi connectivity index (χ2n) is 6.25. The molecule has 1 aromatic heterocycles. The van der Waals surface area contributed by atoms with Crippen LogP contribution < -0.4 is 4.90 Å². The van der Waals surface area contributed by atoms with E-state index in [0.717, 1.165) is 64.2 Å². The third-order valence-electron chi connectivity index (χ3n) is 4.47. The van der Waals surface area contributed by atoms with E-state index in [1.54, 1.807) is 6.26 Å². The lowest BCUT2D eigenvalue weighted by Gasteiger charge is -2.27. The number of halogens is 3. The molecule has 4 nitrogen and oxygen atoms in total. The summed E-state index contributed by atoms with van der Waals surface area (Å²) in [5.41, 5.74) is -0.704. The topological polar surface area (TPSA) is 28.6 Å². The minimum atomic E-state index is -4.34. The third-order valence-corrected chi connectivity index (χ3v) is 4.47. The summed E-state index contributed by atoms with van der Waals surface area (Å²) in [5.74, 6) is 0.613. The zero-order valence-corrected chi connectivity index (χ0v) is 13.5. The normalized spacial score (nSPS) is 23.0. The molecule has 1 unspecified atom stereocenters. The molecule has 24 heavy (non-hydrogen) atoms. The van der Waals surface area contributed by atoms with Crippen LogP contribution in [0.15, 0.2) is 30.7 Å². The van der Waals surface area contributed by atoms with Crippen LogP contribution in [-0.4, -0.2) is 48.7 Å². The Bertz CT molecular complexity index is 559. The van der Waals surface area contributed by atoms with E-state index < -0.39 is 11.7 Å². The summed E-state index contributed by atoms with van der Waals surface area (Å²) in [7, 11) is 0. The highest BCUT2D eigenvalue weighted by Gasteiger charge is 2.31. The lowest BCUT2D eigenvalue weighted by molar-refractivity contribution is -0.137. The molecule has 2 aliphatic rings. The molecule has 1 fully saturated rings. The van der Waals surface area contributed by atoms with Gasteiger partial charge in [-0.05, 0) is 37.5 Å². The fourth-order valence-corrected chi connectivity index (χ4v) is 3.13. The van der Waals surface area contributed by atoms with Crippen LogP contribution in [0.3, 0.4) is 0 Å². The minimum absolute atomic E-state index is 0.241. The van der Waals surface area contributed by atoms with Crippen LogP contribution in [0.4, 0.5) is 19.0 Å². The number of anilines is 1. The lowest BCUT2D eigenvalue weighted by atomic mass is 10.1. The summed E-state index contributed by atoms with van der Waals surface area (Å²) in [4.78, 5) is 8.43. The highest BCUT2D eigenvalue weighted by atomic mass is 19.4. The van der Waals surface area contributed by atoms with Crippen LogP contribution in [0.1, 0.15) is 24.8 Å². The predicted molar refractivity (Wildman–Crippen MR) is 85.8 cm³/mol. The number of nitrogens with zero attached hydrogens (tertiary/aromatic N) is 3. The monoisotopic (exact) mass is 341 g/mol. The molecule has 0 spiro atoms. The number of hydrogen-bond donors (Lipinski definition) is 0. The van der Waals surface area contributed by atoms with Crippen molar-refractivity contribution in [3.05, 3.63) is 36.2 Å². The molecule has 132 valence electrons. The zero-order chi connectivity index (χ0) is 17.0. The van der Waals surface area contributed by atoms with Crippen molar-refractivity contribution >= 4 is 5.82 Å². The summed E-state index contributed by atoms with van der Waals surface area (Å²) < 4.78 is 43.5. The Morgan fingerprint density at radius 1 is 1.17 bits per heavy atom. The van der Waals surface area contributed by atoms with Crippen molar-refractivity contribution < 1.29 is 17.9 Å². The number of allylic oxidation sites excluding steroid dienone is 1. The first-order valence-electron chi connectivity index (χ1n) is 8.33. The summed E-state index contributed by atoms with van der Waals surface area (Å²) in [5, 5.41) is 0. The summed E-state index contributed by atoms with van der Waals surface area (Å²) >= 11 is 0. The van der Waals surface area contributed by atoms with Crippen LogP contribution in [-0.2, 0) is 10.9 Å². The Kier molecular flexibility index (Phi) is 5.28. The SMILES string of the molecule is FC(F)(F)c1ccc(N2CCCN(CC3CCC=CO3)CC2)nc1. The van der Waals surface area contributed by atoms with Gasteiger partial charge in [-0.3, -0.25) is 4.90 Å². The maximum atomic E-state index is 12.6. The number of aromatic nitrogens is 1. The second kappa shape index (κ2) is 7.42. The Morgan fingerprint density at radius 3 is 2.71 bits per heavy atom. The van der Waals surface area contributed by atoms with Gasteiger partial charge >= 0.3 is 6.18 Å². The molecule has 2 aliphatic heterocycles. The molecular weight excluding hydrogens is 319 g/mol. The largest absolute Gasteiger partial charge is 0.497 e. The minimum Gasteiger partial charge on any atom is -0.497 e. The van der Waals surface area contributed by atoms with E-state index in [9.17, 15) is 13.2 Å². The van der Waals surface area contributed by atoms with Gasteiger partial charge in [0.2, 0.25) is 0 Å². The first kappa shape index (κ1) is 17.1. The van der Waals surface area contributed by atoms with Crippen molar-refractivity contribution in [3.8, 4) is 0 Å². The number of ether oxygens (including phenoxy) is 1. The Morgan fingerprint density at radius 2 is 2.04 bits per heavy atom. The van der Waals surface area contributed by atoms with E-state index >= 15 is 0 Å². The molecular formula is C17H22F3N3O. The van der Waals surface area contributed by atoms with E-state index in [1.165, 1.54) is 6.07 Å².